The van der Waals surface area contributed by atoms with E-state index in [1.807, 2.05) is 13.0 Å². The molecular weight excluding hydrogens is 341 g/mol. The molecule has 1 atom stereocenters. The molecule has 1 aromatic carbocycles. The highest BCUT2D eigenvalue weighted by Crippen LogP contribution is 2.31. The summed E-state index contributed by atoms with van der Waals surface area (Å²) in [6.45, 7) is 3.69. The fourth-order valence-electron chi connectivity index (χ4n) is 1.30. The first-order valence-corrected chi connectivity index (χ1v) is 6.78. The van der Waals surface area contributed by atoms with E-state index in [4.69, 9.17) is 27.6 Å². The summed E-state index contributed by atoms with van der Waals surface area (Å²) in [5, 5.41) is 11.0. The standard InChI is InChI=1S/C11H10BrCl2N3O/c1-5-3-7(12)9(4-8(5)14)15-11-17-16-10(18-11)6(2)13/h3-4,6H,1-2H3,(H,15,17). The average molecular weight is 351 g/mol. The van der Waals surface area contributed by atoms with Gasteiger partial charge in [-0.25, -0.2) is 0 Å². The summed E-state index contributed by atoms with van der Waals surface area (Å²) in [4.78, 5) is 0. The van der Waals surface area contributed by atoms with E-state index < -0.39 is 0 Å². The van der Waals surface area contributed by atoms with Gasteiger partial charge in [0.15, 0.2) is 0 Å². The molecule has 0 aliphatic carbocycles. The van der Waals surface area contributed by atoms with E-state index in [0.29, 0.717) is 10.9 Å². The van der Waals surface area contributed by atoms with E-state index in [0.717, 1.165) is 15.7 Å². The maximum absolute atomic E-state index is 6.06. The zero-order valence-corrected chi connectivity index (χ0v) is 12.8. The van der Waals surface area contributed by atoms with Crippen LogP contribution < -0.4 is 5.32 Å². The molecule has 0 aliphatic heterocycles. The number of rotatable bonds is 3. The lowest BCUT2D eigenvalue weighted by Gasteiger charge is -2.07. The van der Waals surface area contributed by atoms with Gasteiger partial charge in [-0.15, -0.1) is 16.7 Å². The van der Waals surface area contributed by atoms with Gasteiger partial charge in [0, 0.05) is 9.50 Å². The summed E-state index contributed by atoms with van der Waals surface area (Å²) in [6.07, 6.45) is 0. The van der Waals surface area contributed by atoms with Gasteiger partial charge in [0.05, 0.1) is 5.69 Å². The Morgan fingerprint density at radius 3 is 2.72 bits per heavy atom. The van der Waals surface area contributed by atoms with Crippen molar-refractivity contribution in [2.75, 3.05) is 5.32 Å². The summed E-state index contributed by atoms with van der Waals surface area (Å²) in [6, 6.07) is 3.97. The number of nitrogens with zero attached hydrogens (tertiary/aromatic N) is 2. The van der Waals surface area contributed by atoms with Gasteiger partial charge in [-0.05, 0) is 47.5 Å². The second-order valence-corrected chi connectivity index (χ2v) is 5.68. The van der Waals surface area contributed by atoms with E-state index >= 15 is 0 Å². The van der Waals surface area contributed by atoms with Crippen LogP contribution in [0.4, 0.5) is 11.7 Å². The van der Waals surface area contributed by atoms with Gasteiger partial charge in [0.1, 0.15) is 5.38 Å². The molecule has 0 amide bonds. The van der Waals surface area contributed by atoms with Crippen molar-refractivity contribution >= 4 is 50.8 Å². The van der Waals surface area contributed by atoms with Crippen LogP contribution in [0.15, 0.2) is 21.0 Å². The predicted octanol–water partition coefficient (Wildman–Crippen LogP) is 4.84. The second kappa shape index (κ2) is 5.47. The van der Waals surface area contributed by atoms with Crippen LogP contribution in [0.1, 0.15) is 23.8 Å². The zero-order chi connectivity index (χ0) is 13.3. The van der Waals surface area contributed by atoms with E-state index in [1.54, 1.807) is 13.0 Å². The minimum Gasteiger partial charge on any atom is -0.406 e. The normalized spacial score (nSPS) is 12.5. The molecular formula is C11H10BrCl2N3O. The summed E-state index contributed by atoms with van der Waals surface area (Å²) in [7, 11) is 0. The Bertz CT molecular complexity index is 571. The van der Waals surface area contributed by atoms with Gasteiger partial charge in [0.2, 0.25) is 5.89 Å². The number of hydrogen-bond donors (Lipinski definition) is 1. The lowest BCUT2D eigenvalue weighted by atomic mass is 10.2. The Labute approximate surface area is 123 Å². The number of benzene rings is 1. The van der Waals surface area contributed by atoms with Crippen molar-refractivity contribution in [3.05, 3.63) is 33.1 Å². The van der Waals surface area contributed by atoms with Crippen LogP contribution in [0.3, 0.4) is 0 Å². The largest absolute Gasteiger partial charge is 0.406 e. The lowest BCUT2D eigenvalue weighted by molar-refractivity contribution is 0.510. The van der Waals surface area contributed by atoms with Gasteiger partial charge >= 0.3 is 6.01 Å². The van der Waals surface area contributed by atoms with Crippen molar-refractivity contribution < 1.29 is 4.42 Å². The SMILES string of the molecule is Cc1cc(Br)c(Nc2nnc(C(C)Cl)o2)cc1Cl. The maximum atomic E-state index is 6.06. The Kier molecular flexibility index (Phi) is 4.14. The highest BCUT2D eigenvalue weighted by molar-refractivity contribution is 9.10. The monoisotopic (exact) mass is 349 g/mol. The lowest BCUT2D eigenvalue weighted by Crippen LogP contribution is -1.92. The number of aromatic nitrogens is 2. The van der Waals surface area contributed by atoms with Crippen LogP contribution in [-0.4, -0.2) is 10.2 Å². The Morgan fingerprint density at radius 1 is 1.39 bits per heavy atom. The third kappa shape index (κ3) is 2.96. The number of hydrogen-bond acceptors (Lipinski definition) is 4. The van der Waals surface area contributed by atoms with Gasteiger partial charge in [-0.1, -0.05) is 16.7 Å². The summed E-state index contributed by atoms with van der Waals surface area (Å²) < 4.78 is 6.21. The molecule has 0 aliphatic rings. The van der Waals surface area contributed by atoms with Crippen LogP contribution in [0, 0.1) is 6.92 Å². The van der Waals surface area contributed by atoms with Gasteiger partial charge < -0.3 is 9.73 Å². The minimum atomic E-state index is -0.321. The molecule has 7 heteroatoms. The van der Waals surface area contributed by atoms with E-state index in [9.17, 15) is 0 Å². The van der Waals surface area contributed by atoms with Crippen molar-refractivity contribution in [3.8, 4) is 0 Å². The van der Waals surface area contributed by atoms with Gasteiger partial charge in [-0.2, -0.15) is 0 Å². The fraction of sp³-hybridized carbons (Fsp3) is 0.273. The van der Waals surface area contributed by atoms with Crippen LogP contribution in [0.5, 0.6) is 0 Å². The predicted molar refractivity (Wildman–Crippen MR) is 75.7 cm³/mol. The van der Waals surface area contributed by atoms with E-state index in [2.05, 4.69) is 31.4 Å². The topological polar surface area (TPSA) is 51.0 Å². The van der Waals surface area contributed by atoms with Crippen LogP contribution in [-0.2, 0) is 0 Å². The Hall–Kier alpha value is -0.780. The molecule has 0 spiro atoms. The molecule has 1 unspecified atom stereocenters. The smallest absolute Gasteiger partial charge is 0.320 e. The molecule has 0 saturated heterocycles. The third-order valence-corrected chi connectivity index (χ3v) is 3.52. The number of anilines is 2. The van der Waals surface area contributed by atoms with Crippen molar-refractivity contribution in [2.24, 2.45) is 0 Å². The quantitative estimate of drug-likeness (QED) is 0.805. The molecule has 0 radical (unpaired) electrons. The average Bonchev–Trinajstić information content (AvgIpc) is 2.74. The Morgan fingerprint density at radius 2 is 2.11 bits per heavy atom. The molecule has 0 fully saturated rings. The number of nitrogens with one attached hydrogen (secondary N) is 1. The third-order valence-electron chi connectivity index (χ3n) is 2.27. The highest BCUT2D eigenvalue weighted by Gasteiger charge is 2.12. The molecule has 18 heavy (non-hydrogen) atoms. The van der Waals surface area contributed by atoms with Crippen LogP contribution in [0.2, 0.25) is 5.02 Å². The molecule has 0 bridgehead atoms. The first kappa shape index (κ1) is 13.6. The van der Waals surface area contributed by atoms with Crippen molar-refractivity contribution in [2.45, 2.75) is 19.2 Å². The number of alkyl halides is 1. The van der Waals surface area contributed by atoms with Crippen LogP contribution in [0.25, 0.3) is 0 Å². The number of halogens is 3. The number of aryl methyl sites for hydroxylation is 1. The molecule has 1 aromatic heterocycles. The maximum Gasteiger partial charge on any atom is 0.320 e. The van der Waals surface area contributed by atoms with Gasteiger partial charge in [-0.3, -0.25) is 0 Å². The van der Waals surface area contributed by atoms with Crippen molar-refractivity contribution in [3.63, 3.8) is 0 Å². The van der Waals surface area contributed by atoms with Gasteiger partial charge in [0.25, 0.3) is 0 Å². The minimum absolute atomic E-state index is 0.276. The van der Waals surface area contributed by atoms with Crippen molar-refractivity contribution in [1.82, 2.24) is 10.2 Å². The Balaban J connectivity index is 2.25. The molecule has 4 nitrogen and oxygen atoms in total. The fourth-order valence-corrected chi connectivity index (χ4v) is 2.11. The first-order valence-electron chi connectivity index (χ1n) is 5.17. The molecule has 0 saturated carbocycles. The highest BCUT2D eigenvalue weighted by atomic mass is 79.9. The van der Waals surface area contributed by atoms with E-state index in [1.165, 1.54) is 0 Å². The summed E-state index contributed by atoms with van der Waals surface area (Å²) in [5.74, 6) is 0.369. The molecule has 2 rings (SSSR count). The molecule has 1 N–H and O–H groups in total. The molecule has 2 aromatic rings. The molecule has 96 valence electrons. The summed E-state index contributed by atoms with van der Waals surface area (Å²) in [5.41, 5.74) is 1.73. The first-order chi connectivity index (χ1) is 8.47. The molecule has 1 heterocycles. The second-order valence-electron chi connectivity index (χ2n) is 3.77. The van der Waals surface area contributed by atoms with Crippen LogP contribution >= 0.6 is 39.1 Å². The van der Waals surface area contributed by atoms with Crippen molar-refractivity contribution in [1.29, 1.82) is 0 Å². The van der Waals surface area contributed by atoms with E-state index in [-0.39, 0.29) is 11.4 Å². The summed E-state index contributed by atoms with van der Waals surface area (Å²) >= 11 is 15.3. The zero-order valence-electron chi connectivity index (χ0n) is 9.67.